The maximum atomic E-state index is 11.8. The maximum absolute atomic E-state index is 11.8. The molecule has 2 nitrogen and oxygen atoms in total. The lowest BCUT2D eigenvalue weighted by molar-refractivity contribution is 0.0979. The van der Waals surface area contributed by atoms with E-state index in [1.54, 1.807) is 12.1 Å². The first-order valence-electron chi connectivity index (χ1n) is 5.79. The number of rotatable bonds is 4. The van der Waals surface area contributed by atoms with E-state index < -0.39 is 0 Å². The van der Waals surface area contributed by atoms with Gasteiger partial charge in [0.15, 0.2) is 5.78 Å². The predicted molar refractivity (Wildman–Crippen MR) is 71.1 cm³/mol. The first-order chi connectivity index (χ1) is 7.86. The number of aromatic hydroxyl groups is 1. The second kappa shape index (κ2) is 5.54. The van der Waals surface area contributed by atoms with Gasteiger partial charge in [-0.15, -0.1) is 11.6 Å². The van der Waals surface area contributed by atoms with Crippen molar-refractivity contribution in [3.05, 3.63) is 29.3 Å². The van der Waals surface area contributed by atoms with E-state index in [-0.39, 0.29) is 16.9 Å². The SMILES string of the molecule is CC(C)(C)c1ccc(C(=O)CCCCl)c(O)c1. The minimum absolute atomic E-state index is 0.0325. The summed E-state index contributed by atoms with van der Waals surface area (Å²) in [6.07, 6.45) is 1.02. The van der Waals surface area contributed by atoms with Gasteiger partial charge in [0.2, 0.25) is 0 Å². The molecule has 94 valence electrons. The molecule has 0 aromatic heterocycles. The fraction of sp³-hybridized carbons (Fsp3) is 0.500. The van der Waals surface area contributed by atoms with Gasteiger partial charge in [-0.05, 0) is 29.5 Å². The normalized spacial score (nSPS) is 11.5. The van der Waals surface area contributed by atoms with Crippen molar-refractivity contribution in [3.63, 3.8) is 0 Å². The number of hydrogen-bond acceptors (Lipinski definition) is 2. The molecule has 17 heavy (non-hydrogen) atoms. The second-order valence-corrected chi connectivity index (χ2v) is 5.58. The van der Waals surface area contributed by atoms with Gasteiger partial charge in [0.1, 0.15) is 5.75 Å². The smallest absolute Gasteiger partial charge is 0.166 e. The van der Waals surface area contributed by atoms with Crippen LogP contribution in [0.1, 0.15) is 49.5 Å². The maximum Gasteiger partial charge on any atom is 0.166 e. The van der Waals surface area contributed by atoms with Crippen molar-refractivity contribution in [1.82, 2.24) is 0 Å². The molecule has 1 aromatic rings. The van der Waals surface area contributed by atoms with Gasteiger partial charge in [0, 0.05) is 12.3 Å². The average molecular weight is 255 g/mol. The van der Waals surface area contributed by atoms with Crippen molar-refractivity contribution in [1.29, 1.82) is 0 Å². The zero-order valence-electron chi connectivity index (χ0n) is 10.6. The van der Waals surface area contributed by atoms with E-state index >= 15 is 0 Å². The molecule has 1 N–H and O–H groups in total. The van der Waals surface area contributed by atoms with Crippen molar-refractivity contribution < 1.29 is 9.90 Å². The molecule has 0 bridgehead atoms. The predicted octanol–water partition coefficient (Wildman–Crippen LogP) is 3.89. The highest BCUT2D eigenvalue weighted by Gasteiger charge is 2.17. The molecule has 0 aliphatic carbocycles. The largest absolute Gasteiger partial charge is 0.507 e. The Morgan fingerprint density at radius 3 is 2.47 bits per heavy atom. The van der Waals surface area contributed by atoms with Gasteiger partial charge in [0.05, 0.1) is 5.56 Å². The fourth-order valence-corrected chi connectivity index (χ4v) is 1.73. The van der Waals surface area contributed by atoms with E-state index in [0.29, 0.717) is 24.3 Å². The quantitative estimate of drug-likeness (QED) is 0.654. The van der Waals surface area contributed by atoms with Crippen LogP contribution < -0.4 is 0 Å². The summed E-state index contributed by atoms with van der Waals surface area (Å²) in [6, 6.07) is 5.27. The Kier molecular flexibility index (Phi) is 4.58. The minimum atomic E-state index is -0.0522. The number of ketones is 1. The summed E-state index contributed by atoms with van der Waals surface area (Å²) in [6.45, 7) is 6.20. The van der Waals surface area contributed by atoms with Crippen LogP contribution in [-0.4, -0.2) is 16.8 Å². The molecule has 0 fully saturated rings. The minimum Gasteiger partial charge on any atom is -0.507 e. The third kappa shape index (κ3) is 3.74. The van der Waals surface area contributed by atoms with Crippen LogP contribution in [-0.2, 0) is 5.41 Å². The Labute approximate surface area is 108 Å². The summed E-state index contributed by atoms with van der Waals surface area (Å²) in [5.74, 6) is 0.479. The van der Waals surface area contributed by atoms with Crippen molar-refractivity contribution in [3.8, 4) is 5.75 Å². The number of phenols is 1. The number of Topliss-reactive ketones (excluding diaryl/α,β-unsaturated/α-hetero) is 1. The molecule has 0 aliphatic rings. The molecule has 3 heteroatoms. The van der Waals surface area contributed by atoms with Crippen LogP contribution in [0.5, 0.6) is 5.75 Å². The van der Waals surface area contributed by atoms with Gasteiger partial charge in [-0.1, -0.05) is 26.8 Å². The molecule has 1 rings (SSSR count). The van der Waals surface area contributed by atoms with E-state index in [1.165, 1.54) is 0 Å². The van der Waals surface area contributed by atoms with E-state index in [1.807, 2.05) is 6.07 Å². The first kappa shape index (κ1) is 14.0. The Bertz CT molecular complexity index is 405. The standard InChI is InChI=1S/C14H19ClO2/c1-14(2,3)10-6-7-11(13(17)9-10)12(16)5-4-8-15/h6-7,9,17H,4-5,8H2,1-3H3. The number of hydrogen-bond donors (Lipinski definition) is 1. The molecule has 0 aliphatic heterocycles. The highest BCUT2D eigenvalue weighted by Crippen LogP contribution is 2.28. The van der Waals surface area contributed by atoms with E-state index in [4.69, 9.17) is 11.6 Å². The fourth-order valence-electron chi connectivity index (χ4n) is 1.60. The summed E-state index contributed by atoms with van der Waals surface area (Å²) < 4.78 is 0. The number of phenolic OH excluding ortho intramolecular Hbond substituents is 1. The molecular formula is C14H19ClO2. The van der Waals surface area contributed by atoms with Crippen LogP contribution in [0.25, 0.3) is 0 Å². The summed E-state index contributed by atoms with van der Waals surface area (Å²) in [5.41, 5.74) is 1.38. The molecular weight excluding hydrogens is 236 g/mol. The van der Waals surface area contributed by atoms with Crippen LogP contribution in [0.4, 0.5) is 0 Å². The summed E-state index contributed by atoms with van der Waals surface area (Å²) >= 11 is 5.54. The Hall–Kier alpha value is -1.02. The molecule has 1 aromatic carbocycles. The number of halogens is 1. The van der Waals surface area contributed by atoms with Gasteiger partial charge in [-0.2, -0.15) is 0 Å². The molecule has 0 unspecified atom stereocenters. The van der Waals surface area contributed by atoms with Crippen LogP contribution in [0.15, 0.2) is 18.2 Å². The molecule has 0 heterocycles. The number of carbonyl (C=O) groups is 1. The molecule has 0 atom stereocenters. The molecule has 0 amide bonds. The Morgan fingerprint density at radius 2 is 2.00 bits per heavy atom. The molecule has 0 radical (unpaired) electrons. The van der Waals surface area contributed by atoms with Crippen molar-refractivity contribution in [2.24, 2.45) is 0 Å². The van der Waals surface area contributed by atoms with Crippen LogP contribution in [0, 0.1) is 0 Å². The second-order valence-electron chi connectivity index (χ2n) is 5.20. The van der Waals surface area contributed by atoms with E-state index in [9.17, 15) is 9.90 Å². The summed E-state index contributed by atoms with van der Waals surface area (Å²) in [7, 11) is 0. The third-order valence-electron chi connectivity index (χ3n) is 2.70. The molecule has 0 saturated heterocycles. The van der Waals surface area contributed by atoms with Crippen molar-refractivity contribution in [2.75, 3.05) is 5.88 Å². The van der Waals surface area contributed by atoms with Gasteiger partial charge in [-0.3, -0.25) is 4.79 Å². The number of carbonyl (C=O) groups excluding carboxylic acids is 1. The van der Waals surface area contributed by atoms with Crippen molar-refractivity contribution >= 4 is 17.4 Å². The lowest BCUT2D eigenvalue weighted by atomic mass is 9.86. The van der Waals surface area contributed by atoms with Gasteiger partial charge in [0.25, 0.3) is 0 Å². The Morgan fingerprint density at radius 1 is 1.35 bits per heavy atom. The van der Waals surface area contributed by atoms with E-state index in [0.717, 1.165) is 5.56 Å². The van der Waals surface area contributed by atoms with Crippen LogP contribution in [0.3, 0.4) is 0 Å². The van der Waals surface area contributed by atoms with Crippen molar-refractivity contribution in [2.45, 2.75) is 39.0 Å². The zero-order chi connectivity index (χ0) is 13.1. The lowest BCUT2D eigenvalue weighted by Crippen LogP contribution is -2.11. The van der Waals surface area contributed by atoms with E-state index in [2.05, 4.69) is 20.8 Å². The summed E-state index contributed by atoms with van der Waals surface area (Å²) in [5, 5.41) is 9.87. The van der Waals surface area contributed by atoms with Crippen LogP contribution >= 0.6 is 11.6 Å². The third-order valence-corrected chi connectivity index (χ3v) is 2.97. The van der Waals surface area contributed by atoms with Gasteiger partial charge in [-0.25, -0.2) is 0 Å². The Balaban J connectivity index is 2.94. The highest BCUT2D eigenvalue weighted by atomic mass is 35.5. The molecule has 0 spiro atoms. The highest BCUT2D eigenvalue weighted by molar-refractivity contribution is 6.18. The number of benzene rings is 1. The average Bonchev–Trinajstić information content (AvgIpc) is 2.24. The van der Waals surface area contributed by atoms with Crippen LogP contribution in [0.2, 0.25) is 0 Å². The first-order valence-corrected chi connectivity index (χ1v) is 6.32. The summed E-state index contributed by atoms with van der Waals surface area (Å²) in [4.78, 5) is 11.8. The zero-order valence-corrected chi connectivity index (χ0v) is 11.3. The van der Waals surface area contributed by atoms with Gasteiger partial charge >= 0.3 is 0 Å². The van der Waals surface area contributed by atoms with Gasteiger partial charge < -0.3 is 5.11 Å². The monoisotopic (exact) mass is 254 g/mol. The lowest BCUT2D eigenvalue weighted by Gasteiger charge is -2.19. The number of alkyl halides is 1. The topological polar surface area (TPSA) is 37.3 Å². The molecule has 0 saturated carbocycles.